The number of rotatable bonds is 6. The molecule has 2 heterocycles. The first-order valence-electron chi connectivity index (χ1n) is 8.41. The van der Waals surface area contributed by atoms with Gasteiger partial charge in [-0.2, -0.15) is 0 Å². The topological polar surface area (TPSA) is 93.8 Å². The number of nitrogens with zero attached hydrogens (tertiary/aromatic N) is 3. The van der Waals surface area contributed by atoms with Crippen LogP contribution in [0, 0.1) is 0 Å². The highest BCUT2D eigenvalue weighted by molar-refractivity contribution is 7.16. The Hall–Kier alpha value is -2.06. The average molecular weight is 440 g/mol. The molecule has 0 aliphatic heterocycles. The first-order chi connectivity index (χ1) is 12.5. The smallest absolute Gasteiger partial charge is 0.263 e. The first kappa shape index (κ1) is 24.0. The third-order valence-corrected chi connectivity index (χ3v) is 4.99. The maximum Gasteiger partial charge on any atom is 0.263 e. The van der Waals surface area contributed by atoms with Gasteiger partial charge in [0.15, 0.2) is 10.8 Å². The number of benzene rings is 1. The molecule has 1 unspecified atom stereocenters. The van der Waals surface area contributed by atoms with Gasteiger partial charge < -0.3 is 11.1 Å². The molecular formula is C19H23Cl2N5OS. The second-order valence-electron chi connectivity index (χ2n) is 6.24. The maximum atomic E-state index is 12.3. The lowest BCUT2D eigenvalue weighted by atomic mass is 9.99. The summed E-state index contributed by atoms with van der Waals surface area (Å²) in [4.78, 5) is 25.3. The van der Waals surface area contributed by atoms with Crippen molar-refractivity contribution in [2.75, 3.05) is 6.54 Å². The number of nitrogens with two attached hydrogens (primary N) is 1. The van der Waals surface area contributed by atoms with Crippen molar-refractivity contribution in [2.45, 2.75) is 25.8 Å². The van der Waals surface area contributed by atoms with Crippen LogP contribution in [0.15, 0.2) is 48.9 Å². The lowest BCUT2D eigenvalue weighted by molar-refractivity contribution is 0.0955. The van der Waals surface area contributed by atoms with E-state index in [0.29, 0.717) is 28.2 Å². The highest BCUT2D eigenvalue weighted by atomic mass is 35.5. The number of carbonyl (C=O) groups is 1. The summed E-state index contributed by atoms with van der Waals surface area (Å²) in [7, 11) is 0. The van der Waals surface area contributed by atoms with Crippen molar-refractivity contribution in [1.82, 2.24) is 20.3 Å². The molecule has 3 rings (SSSR count). The normalized spacial score (nSPS) is 11.3. The summed E-state index contributed by atoms with van der Waals surface area (Å²) in [5, 5.41) is 3.48. The summed E-state index contributed by atoms with van der Waals surface area (Å²) >= 11 is 1.26. The highest BCUT2D eigenvalue weighted by Gasteiger charge is 2.14. The van der Waals surface area contributed by atoms with Crippen molar-refractivity contribution in [3.63, 3.8) is 0 Å². The van der Waals surface area contributed by atoms with E-state index in [-0.39, 0.29) is 36.8 Å². The summed E-state index contributed by atoms with van der Waals surface area (Å²) in [6.45, 7) is 4.66. The number of aromatic nitrogens is 3. The van der Waals surface area contributed by atoms with Gasteiger partial charge in [0.25, 0.3) is 5.91 Å². The fraction of sp³-hybridized carbons (Fsp3) is 0.263. The van der Waals surface area contributed by atoms with Crippen LogP contribution >= 0.6 is 36.2 Å². The molecule has 0 saturated carbocycles. The van der Waals surface area contributed by atoms with Crippen LogP contribution in [0.2, 0.25) is 0 Å². The van der Waals surface area contributed by atoms with Gasteiger partial charge in [-0.25, -0.2) is 15.0 Å². The Morgan fingerprint density at radius 3 is 2.29 bits per heavy atom. The molecule has 0 saturated heterocycles. The van der Waals surface area contributed by atoms with Crippen molar-refractivity contribution in [3.05, 3.63) is 64.9 Å². The van der Waals surface area contributed by atoms with E-state index < -0.39 is 0 Å². The molecule has 0 aliphatic carbocycles. The van der Waals surface area contributed by atoms with Crippen LogP contribution in [-0.4, -0.2) is 27.4 Å². The third kappa shape index (κ3) is 5.97. The number of halogens is 2. The van der Waals surface area contributed by atoms with Gasteiger partial charge in [0.05, 0.1) is 6.20 Å². The second-order valence-corrected chi connectivity index (χ2v) is 7.27. The Kier molecular flexibility index (Phi) is 9.48. The Balaban J connectivity index is 0.00000196. The van der Waals surface area contributed by atoms with Gasteiger partial charge in [-0.15, -0.1) is 36.2 Å². The van der Waals surface area contributed by atoms with E-state index in [1.54, 1.807) is 18.5 Å². The Morgan fingerprint density at radius 2 is 1.68 bits per heavy atom. The number of carbonyl (C=O) groups excluding carboxylic acids is 1. The molecule has 28 heavy (non-hydrogen) atoms. The van der Waals surface area contributed by atoms with E-state index in [1.165, 1.54) is 23.1 Å². The van der Waals surface area contributed by atoms with Gasteiger partial charge in [0.2, 0.25) is 0 Å². The van der Waals surface area contributed by atoms with Crippen LogP contribution < -0.4 is 11.1 Å². The monoisotopic (exact) mass is 439 g/mol. The summed E-state index contributed by atoms with van der Waals surface area (Å²) in [5.41, 5.74) is 8.46. The highest BCUT2D eigenvalue weighted by Crippen LogP contribution is 2.22. The zero-order valence-electron chi connectivity index (χ0n) is 15.5. The average Bonchev–Trinajstić information content (AvgIpc) is 3.17. The van der Waals surface area contributed by atoms with E-state index in [9.17, 15) is 4.79 Å². The minimum absolute atomic E-state index is 0. The molecule has 6 nitrogen and oxygen atoms in total. The van der Waals surface area contributed by atoms with Gasteiger partial charge in [-0.3, -0.25) is 4.79 Å². The predicted octanol–water partition coefficient (Wildman–Crippen LogP) is 4.00. The van der Waals surface area contributed by atoms with Crippen molar-refractivity contribution >= 4 is 42.1 Å². The molecule has 150 valence electrons. The van der Waals surface area contributed by atoms with E-state index in [0.717, 1.165) is 5.56 Å². The Morgan fingerprint density at radius 1 is 1.07 bits per heavy atom. The van der Waals surface area contributed by atoms with Crippen LogP contribution in [0.25, 0.3) is 10.8 Å². The van der Waals surface area contributed by atoms with E-state index in [4.69, 9.17) is 5.73 Å². The molecule has 0 fully saturated rings. The summed E-state index contributed by atoms with van der Waals surface area (Å²) in [6.07, 6.45) is 4.83. The van der Waals surface area contributed by atoms with Crippen LogP contribution in [-0.2, 0) is 0 Å². The van der Waals surface area contributed by atoms with Crippen molar-refractivity contribution < 1.29 is 4.79 Å². The molecule has 1 amide bonds. The van der Waals surface area contributed by atoms with Gasteiger partial charge in [0.1, 0.15) is 4.88 Å². The minimum atomic E-state index is -0.259. The number of thiazole rings is 1. The summed E-state index contributed by atoms with van der Waals surface area (Å²) < 4.78 is 0. The van der Waals surface area contributed by atoms with Crippen LogP contribution in [0.5, 0.6) is 0 Å². The molecule has 1 atom stereocenters. The minimum Gasteiger partial charge on any atom is -0.349 e. The van der Waals surface area contributed by atoms with Crippen molar-refractivity contribution in [3.8, 4) is 10.8 Å². The molecule has 3 aromatic rings. The van der Waals surface area contributed by atoms with Gasteiger partial charge in [-0.05, 0) is 23.1 Å². The molecule has 2 aromatic heterocycles. The van der Waals surface area contributed by atoms with Crippen LogP contribution in [0.1, 0.15) is 46.6 Å². The fourth-order valence-electron chi connectivity index (χ4n) is 2.43. The lowest BCUT2D eigenvalue weighted by Crippen LogP contribution is -2.31. The number of hydrogen-bond donors (Lipinski definition) is 2. The second kappa shape index (κ2) is 11.1. The van der Waals surface area contributed by atoms with Gasteiger partial charge in [0, 0.05) is 25.0 Å². The van der Waals surface area contributed by atoms with Crippen LogP contribution in [0.4, 0.5) is 0 Å². The third-order valence-electron chi connectivity index (χ3n) is 4.00. The van der Waals surface area contributed by atoms with Gasteiger partial charge in [-0.1, -0.05) is 38.1 Å². The molecule has 0 aliphatic rings. The predicted molar refractivity (Wildman–Crippen MR) is 117 cm³/mol. The number of nitrogens with one attached hydrogen (secondary N) is 1. The maximum absolute atomic E-state index is 12.3. The largest absolute Gasteiger partial charge is 0.349 e. The molecule has 9 heteroatoms. The fourth-order valence-corrected chi connectivity index (χ4v) is 3.21. The molecule has 1 aromatic carbocycles. The van der Waals surface area contributed by atoms with Crippen molar-refractivity contribution in [1.29, 1.82) is 0 Å². The molecule has 0 bridgehead atoms. The number of amides is 1. The Labute approximate surface area is 180 Å². The van der Waals surface area contributed by atoms with Crippen LogP contribution in [0.3, 0.4) is 0 Å². The standard InChI is InChI=1S/C19H21N5OS.2ClH/c1-12(2)13-4-6-14(7-5-13)15(20)10-23-18(25)16-11-24-19(26-16)17-21-8-3-9-22-17;;/h3-9,11-12,15H,10,20H2,1-2H3,(H,23,25);2*1H. The molecule has 0 spiro atoms. The first-order valence-corrected chi connectivity index (χ1v) is 9.23. The quantitative estimate of drug-likeness (QED) is 0.605. The zero-order valence-corrected chi connectivity index (χ0v) is 18.0. The zero-order chi connectivity index (χ0) is 18.5. The molecular weight excluding hydrogens is 417 g/mol. The number of hydrogen-bond acceptors (Lipinski definition) is 6. The Bertz CT molecular complexity index is 872. The van der Waals surface area contributed by atoms with Crippen molar-refractivity contribution in [2.24, 2.45) is 5.73 Å². The molecule has 3 N–H and O–H groups in total. The lowest BCUT2D eigenvalue weighted by Gasteiger charge is -2.14. The SMILES string of the molecule is CC(C)c1ccc(C(N)CNC(=O)c2cnc(-c3ncccn3)s2)cc1.Cl.Cl. The van der Waals surface area contributed by atoms with E-state index >= 15 is 0 Å². The molecule has 0 radical (unpaired) electrons. The van der Waals surface area contributed by atoms with E-state index in [2.05, 4.69) is 46.2 Å². The van der Waals surface area contributed by atoms with E-state index in [1.807, 2.05) is 12.1 Å². The van der Waals surface area contributed by atoms with Gasteiger partial charge >= 0.3 is 0 Å². The summed E-state index contributed by atoms with van der Waals surface area (Å²) in [5.74, 6) is 0.798. The summed E-state index contributed by atoms with van der Waals surface area (Å²) in [6, 6.07) is 9.67.